The average Bonchev–Trinajstić information content (AvgIpc) is 2.42. The summed E-state index contributed by atoms with van der Waals surface area (Å²) in [7, 11) is 0. The molecular weight excluding hydrogens is 242 g/mol. The summed E-state index contributed by atoms with van der Waals surface area (Å²) in [6.45, 7) is 0. The van der Waals surface area contributed by atoms with E-state index >= 15 is 0 Å². The fraction of sp³-hybridized carbons (Fsp3) is 0.0714. The third-order valence-electron chi connectivity index (χ3n) is 2.60. The highest BCUT2D eigenvalue weighted by molar-refractivity contribution is 7.98. The molecule has 0 unspecified atom stereocenters. The standard InChI is InChI=1S/C14H13N3S/c1-18-12-7-5-11(6-8-12)17-13-4-2-3-10(9-15)14(13)16/h2-8,17H,16H2,1H3. The highest BCUT2D eigenvalue weighted by atomic mass is 32.2. The Morgan fingerprint density at radius 2 is 1.89 bits per heavy atom. The molecule has 0 amide bonds. The van der Waals surface area contributed by atoms with Crippen molar-refractivity contribution in [2.24, 2.45) is 0 Å². The van der Waals surface area contributed by atoms with Gasteiger partial charge in [0, 0.05) is 10.6 Å². The summed E-state index contributed by atoms with van der Waals surface area (Å²) in [5.74, 6) is 0. The number of hydrogen-bond acceptors (Lipinski definition) is 4. The van der Waals surface area contributed by atoms with Crippen LogP contribution in [0.1, 0.15) is 5.56 Å². The molecule has 4 heteroatoms. The number of nitrogens with zero attached hydrogens (tertiary/aromatic N) is 1. The lowest BCUT2D eigenvalue weighted by molar-refractivity contribution is 1.43. The second kappa shape index (κ2) is 5.48. The van der Waals surface area contributed by atoms with Gasteiger partial charge in [-0.2, -0.15) is 5.26 Å². The molecule has 0 aliphatic carbocycles. The molecule has 2 rings (SSSR count). The predicted molar refractivity (Wildman–Crippen MR) is 77.1 cm³/mol. The van der Waals surface area contributed by atoms with E-state index in [1.54, 1.807) is 17.8 Å². The zero-order chi connectivity index (χ0) is 13.0. The van der Waals surface area contributed by atoms with Crippen LogP contribution < -0.4 is 11.1 Å². The smallest absolute Gasteiger partial charge is 0.101 e. The summed E-state index contributed by atoms with van der Waals surface area (Å²) in [6, 6.07) is 15.5. The Kier molecular flexibility index (Phi) is 3.75. The van der Waals surface area contributed by atoms with Gasteiger partial charge >= 0.3 is 0 Å². The fourth-order valence-corrected chi connectivity index (χ4v) is 2.01. The molecule has 0 fully saturated rings. The molecule has 3 N–H and O–H groups in total. The van der Waals surface area contributed by atoms with Gasteiger partial charge in [0.2, 0.25) is 0 Å². The number of nitrogens with two attached hydrogens (primary N) is 1. The van der Waals surface area contributed by atoms with Crippen LogP contribution in [0.2, 0.25) is 0 Å². The molecule has 3 nitrogen and oxygen atoms in total. The van der Waals surface area contributed by atoms with Crippen molar-refractivity contribution in [3.63, 3.8) is 0 Å². The van der Waals surface area contributed by atoms with E-state index in [0.717, 1.165) is 11.4 Å². The lowest BCUT2D eigenvalue weighted by Crippen LogP contribution is -1.98. The molecule has 2 aromatic rings. The predicted octanol–water partition coefficient (Wildman–Crippen LogP) is 3.61. The summed E-state index contributed by atoms with van der Waals surface area (Å²) >= 11 is 1.70. The van der Waals surface area contributed by atoms with E-state index in [-0.39, 0.29) is 0 Å². The fourth-order valence-electron chi connectivity index (χ4n) is 1.60. The van der Waals surface area contributed by atoms with Gasteiger partial charge in [-0.25, -0.2) is 0 Å². The Labute approximate surface area is 111 Å². The van der Waals surface area contributed by atoms with Crippen molar-refractivity contribution in [2.45, 2.75) is 4.90 Å². The van der Waals surface area contributed by atoms with E-state index in [1.807, 2.05) is 42.7 Å². The highest BCUT2D eigenvalue weighted by Crippen LogP contribution is 2.26. The molecule has 0 aliphatic heterocycles. The number of rotatable bonds is 3. The number of nitrogens with one attached hydrogen (secondary N) is 1. The molecular formula is C14H13N3S. The van der Waals surface area contributed by atoms with Crippen LogP contribution in [0.4, 0.5) is 17.1 Å². The van der Waals surface area contributed by atoms with Crippen LogP contribution in [0.15, 0.2) is 47.4 Å². The van der Waals surface area contributed by atoms with E-state index in [2.05, 4.69) is 11.4 Å². The van der Waals surface area contributed by atoms with Crippen molar-refractivity contribution >= 4 is 28.8 Å². The number of hydrogen-bond donors (Lipinski definition) is 2. The van der Waals surface area contributed by atoms with Crippen LogP contribution in [0, 0.1) is 11.3 Å². The van der Waals surface area contributed by atoms with E-state index in [4.69, 9.17) is 11.0 Å². The van der Waals surface area contributed by atoms with Crippen molar-refractivity contribution in [2.75, 3.05) is 17.3 Å². The van der Waals surface area contributed by atoms with Gasteiger partial charge in [-0.3, -0.25) is 0 Å². The van der Waals surface area contributed by atoms with Crippen LogP contribution in [0.25, 0.3) is 0 Å². The largest absolute Gasteiger partial charge is 0.396 e. The van der Waals surface area contributed by atoms with Crippen LogP contribution in [0.3, 0.4) is 0 Å². The minimum atomic E-state index is 0.481. The van der Waals surface area contributed by atoms with Crippen LogP contribution in [-0.2, 0) is 0 Å². The second-order valence-electron chi connectivity index (χ2n) is 3.73. The maximum atomic E-state index is 8.92. The first-order chi connectivity index (χ1) is 8.74. The number of nitrogen functional groups attached to an aromatic ring is 1. The second-order valence-corrected chi connectivity index (χ2v) is 4.61. The molecule has 18 heavy (non-hydrogen) atoms. The molecule has 0 saturated carbocycles. The maximum absolute atomic E-state index is 8.92. The molecule has 90 valence electrons. The number of thioether (sulfide) groups is 1. The van der Waals surface area contributed by atoms with Gasteiger partial charge in [-0.15, -0.1) is 11.8 Å². The van der Waals surface area contributed by atoms with Gasteiger partial charge < -0.3 is 11.1 Å². The lowest BCUT2D eigenvalue weighted by Gasteiger charge is -2.10. The maximum Gasteiger partial charge on any atom is 0.101 e. The first kappa shape index (κ1) is 12.3. The number of para-hydroxylation sites is 1. The van der Waals surface area contributed by atoms with Crippen molar-refractivity contribution in [3.8, 4) is 6.07 Å². The zero-order valence-electron chi connectivity index (χ0n) is 9.97. The SMILES string of the molecule is CSc1ccc(Nc2cccc(C#N)c2N)cc1. The van der Waals surface area contributed by atoms with E-state index < -0.39 is 0 Å². The molecule has 0 spiro atoms. The molecule has 0 radical (unpaired) electrons. The van der Waals surface area contributed by atoms with Crippen molar-refractivity contribution in [1.29, 1.82) is 5.26 Å². The lowest BCUT2D eigenvalue weighted by atomic mass is 10.1. The van der Waals surface area contributed by atoms with Crippen molar-refractivity contribution in [1.82, 2.24) is 0 Å². The Balaban J connectivity index is 2.26. The Hall–Kier alpha value is -2.12. The normalized spacial score (nSPS) is 9.78. The number of anilines is 3. The summed E-state index contributed by atoms with van der Waals surface area (Å²) in [5, 5.41) is 12.1. The van der Waals surface area contributed by atoms with Crippen LogP contribution in [-0.4, -0.2) is 6.26 Å². The first-order valence-corrected chi connectivity index (χ1v) is 6.66. The number of benzene rings is 2. The van der Waals surface area contributed by atoms with Gasteiger partial charge in [0.25, 0.3) is 0 Å². The van der Waals surface area contributed by atoms with E-state index in [1.165, 1.54) is 4.90 Å². The average molecular weight is 255 g/mol. The Bertz CT molecular complexity index is 585. The van der Waals surface area contributed by atoms with Crippen LogP contribution >= 0.6 is 11.8 Å². The highest BCUT2D eigenvalue weighted by Gasteiger charge is 2.04. The molecule has 0 heterocycles. The summed E-state index contributed by atoms with van der Waals surface area (Å²) < 4.78 is 0. The molecule has 0 atom stereocenters. The minimum Gasteiger partial charge on any atom is -0.396 e. The molecule has 0 bridgehead atoms. The molecule has 0 aliphatic rings. The Morgan fingerprint density at radius 1 is 1.17 bits per heavy atom. The topological polar surface area (TPSA) is 61.8 Å². The van der Waals surface area contributed by atoms with Gasteiger partial charge in [0.1, 0.15) is 6.07 Å². The van der Waals surface area contributed by atoms with Gasteiger partial charge in [-0.05, 0) is 42.7 Å². The third-order valence-corrected chi connectivity index (χ3v) is 3.34. The van der Waals surface area contributed by atoms with Gasteiger partial charge in [-0.1, -0.05) is 6.07 Å². The minimum absolute atomic E-state index is 0.481. The molecule has 2 aromatic carbocycles. The monoisotopic (exact) mass is 255 g/mol. The quantitative estimate of drug-likeness (QED) is 0.649. The molecule has 0 saturated heterocycles. The van der Waals surface area contributed by atoms with E-state index in [0.29, 0.717) is 11.3 Å². The summed E-state index contributed by atoms with van der Waals surface area (Å²) in [6.07, 6.45) is 2.04. The summed E-state index contributed by atoms with van der Waals surface area (Å²) in [5.41, 5.74) is 8.58. The first-order valence-electron chi connectivity index (χ1n) is 5.44. The van der Waals surface area contributed by atoms with Crippen LogP contribution in [0.5, 0.6) is 0 Å². The molecule has 0 aromatic heterocycles. The third kappa shape index (κ3) is 2.58. The Morgan fingerprint density at radius 3 is 2.50 bits per heavy atom. The summed E-state index contributed by atoms with van der Waals surface area (Å²) in [4.78, 5) is 1.21. The van der Waals surface area contributed by atoms with Gasteiger partial charge in [0.05, 0.1) is 16.9 Å². The van der Waals surface area contributed by atoms with Crippen molar-refractivity contribution in [3.05, 3.63) is 48.0 Å². The van der Waals surface area contributed by atoms with Crippen molar-refractivity contribution < 1.29 is 0 Å². The zero-order valence-corrected chi connectivity index (χ0v) is 10.8. The van der Waals surface area contributed by atoms with Gasteiger partial charge in [0.15, 0.2) is 0 Å². The number of nitriles is 1. The van der Waals surface area contributed by atoms with E-state index in [9.17, 15) is 0 Å².